The summed E-state index contributed by atoms with van der Waals surface area (Å²) >= 11 is 2.13. The Bertz CT molecular complexity index is 739. The number of fused-ring (bicyclic) bond motifs is 1. The summed E-state index contributed by atoms with van der Waals surface area (Å²) in [5.41, 5.74) is 1.64. The quantitative estimate of drug-likeness (QED) is 0.289. The topological polar surface area (TPSA) is 48.4 Å². The summed E-state index contributed by atoms with van der Waals surface area (Å²) in [5, 5.41) is 3.92. The minimum absolute atomic E-state index is 0.183. The number of hydrogen-bond donors (Lipinski definition) is 0. The first kappa shape index (κ1) is 17.9. The highest BCUT2D eigenvalue weighted by Crippen LogP contribution is 2.20. The van der Waals surface area contributed by atoms with Crippen molar-refractivity contribution in [3.63, 3.8) is 0 Å². The van der Waals surface area contributed by atoms with Gasteiger partial charge in [0.15, 0.2) is 0 Å². The molecule has 0 atom stereocenters. The predicted octanol–water partition coefficient (Wildman–Crippen LogP) is 4.35. The van der Waals surface area contributed by atoms with Gasteiger partial charge < -0.3 is 9.47 Å². The predicted molar refractivity (Wildman–Crippen MR) is 102 cm³/mol. The Labute approximate surface area is 151 Å². The van der Waals surface area contributed by atoms with Crippen LogP contribution in [0.5, 0.6) is 5.75 Å². The molecule has 0 aliphatic carbocycles. The first-order valence-corrected chi connectivity index (χ1v) is 10.6. The van der Waals surface area contributed by atoms with Gasteiger partial charge in [-0.15, -0.1) is 0 Å². The number of halogens is 1. The SMILES string of the molecule is CCOC(=O)CCCOc1ccc2nc(C#CSI)ccc2c1. The van der Waals surface area contributed by atoms with E-state index in [0.29, 0.717) is 26.1 Å². The van der Waals surface area contributed by atoms with Crippen molar-refractivity contribution in [2.45, 2.75) is 19.8 Å². The summed E-state index contributed by atoms with van der Waals surface area (Å²) in [6, 6.07) is 9.61. The molecule has 0 bridgehead atoms. The molecular weight excluding hydrogens is 425 g/mol. The Hall–Kier alpha value is -1.46. The molecule has 0 amide bonds. The van der Waals surface area contributed by atoms with Crippen molar-refractivity contribution < 1.29 is 14.3 Å². The lowest BCUT2D eigenvalue weighted by molar-refractivity contribution is -0.143. The van der Waals surface area contributed by atoms with Gasteiger partial charge in [0.05, 0.1) is 18.7 Å². The second-order valence-corrected chi connectivity index (χ2v) is 6.29. The Balaban J connectivity index is 1.94. The molecule has 1 aromatic carbocycles. The monoisotopic (exact) mass is 441 g/mol. The molecule has 0 saturated carbocycles. The number of ether oxygens (including phenoxy) is 2. The molecule has 6 heteroatoms. The number of benzene rings is 1. The molecule has 0 unspecified atom stereocenters. The van der Waals surface area contributed by atoms with Crippen molar-refractivity contribution in [3.05, 3.63) is 36.0 Å². The molecule has 0 aliphatic rings. The lowest BCUT2D eigenvalue weighted by Gasteiger charge is -2.07. The summed E-state index contributed by atoms with van der Waals surface area (Å²) in [6.07, 6.45) is 1.01. The molecule has 2 rings (SSSR count). The summed E-state index contributed by atoms with van der Waals surface area (Å²) in [6.45, 7) is 2.70. The van der Waals surface area contributed by atoms with Crippen LogP contribution < -0.4 is 4.74 Å². The average molecular weight is 441 g/mol. The standard InChI is InChI=1S/C17H16INO3S/c1-2-21-17(20)4-3-10-22-15-7-8-16-13(12-15)5-6-14(19-16)9-11-23-18/h5-8,12H,2-4,10H2,1H3. The molecule has 1 heterocycles. The normalized spacial score (nSPS) is 10.0. The first-order valence-electron chi connectivity index (χ1n) is 7.20. The maximum absolute atomic E-state index is 11.2. The van der Waals surface area contributed by atoms with Crippen molar-refractivity contribution in [3.8, 4) is 16.9 Å². The van der Waals surface area contributed by atoms with Gasteiger partial charge in [-0.2, -0.15) is 0 Å². The van der Waals surface area contributed by atoms with Crippen LogP contribution in [0.15, 0.2) is 30.3 Å². The zero-order valence-electron chi connectivity index (χ0n) is 12.7. The van der Waals surface area contributed by atoms with Crippen LogP contribution in [-0.4, -0.2) is 24.2 Å². The molecule has 1 aromatic heterocycles. The third kappa shape index (κ3) is 5.92. The Morgan fingerprint density at radius 3 is 3.00 bits per heavy atom. The molecule has 0 spiro atoms. The average Bonchev–Trinajstić information content (AvgIpc) is 2.57. The van der Waals surface area contributed by atoms with Crippen LogP contribution in [0, 0.1) is 11.2 Å². The van der Waals surface area contributed by atoms with E-state index in [-0.39, 0.29) is 5.97 Å². The Morgan fingerprint density at radius 2 is 2.22 bits per heavy atom. The molecule has 4 nitrogen and oxygen atoms in total. The fraction of sp³-hybridized carbons (Fsp3) is 0.294. The lowest BCUT2D eigenvalue weighted by Crippen LogP contribution is -2.06. The third-order valence-electron chi connectivity index (χ3n) is 2.98. The van der Waals surface area contributed by atoms with Crippen molar-refractivity contribution in [2.75, 3.05) is 13.2 Å². The smallest absolute Gasteiger partial charge is 0.305 e. The van der Waals surface area contributed by atoms with Gasteiger partial charge in [0.25, 0.3) is 0 Å². The van der Waals surface area contributed by atoms with E-state index in [2.05, 4.69) is 37.4 Å². The van der Waals surface area contributed by atoms with E-state index in [1.54, 1.807) is 6.92 Å². The highest BCUT2D eigenvalue weighted by atomic mass is 127. The van der Waals surface area contributed by atoms with Gasteiger partial charge in [-0.1, -0.05) is 0 Å². The minimum atomic E-state index is -0.183. The Morgan fingerprint density at radius 1 is 1.35 bits per heavy atom. The fourth-order valence-corrected chi connectivity index (χ4v) is 2.45. The largest absolute Gasteiger partial charge is 0.494 e. The zero-order chi connectivity index (χ0) is 16.5. The second-order valence-electron chi connectivity index (χ2n) is 4.61. The van der Waals surface area contributed by atoms with E-state index in [1.165, 1.54) is 8.93 Å². The van der Waals surface area contributed by atoms with E-state index >= 15 is 0 Å². The number of pyridine rings is 1. The maximum atomic E-state index is 11.2. The van der Waals surface area contributed by atoms with Crippen LogP contribution in [0.2, 0.25) is 0 Å². The fourth-order valence-electron chi connectivity index (χ4n) is 1.97. The number of rotatable bonds is 6. The third-order valence-corrected chi connectivity index (χ3v) is 3.82. The molecule has 0 radical (unpaired) electrons. The van der Waals surface area contributed by atoms with Crippen LogP contribution in [-0.2, 0) is 9.53 Å². The van der Waals surface area contributed by atoms with Crippen molar-refractivity contribution >= 4 is 47.0 Å². The molecule has 0 saturated heterocycles. The van der Waals surface area contributed by atoms with Crippen molar-refractivity contribution in [2.24, 2.45) is 0 Å². The van der Waals surface area contributed by atoms with Crippen LogP contribution in [0.25, 0.3) is 10.9 Å². The lowest BCUT2D eigenvalue weighted by atomic mass is 10.2. The summed E-state index contributed by atoms with van der Waals surface area (Å²) in [5.74, 6) is 3.57. The second kappa shape index (κ2) is 9.63. The van der Waals surface area contributed by atoms with Crippen LogP contribution in [0.4, 0.5) is 0 Å². The number of carbonyl (C=O) groups is 1. The maximum Gasteiger partial charge on any atom is 0.305 e. The highest BCUT2D eigenvalue weighted by Gasteiger charge is 2.03. The number of nitrogens with zero attached hydrogens (tertiary/aromatic N) is 1. The van der Waals surface area contributed by atoms with E-state index in [9.17, 15) is 4.79 Å². The van der Waals surface area contributed by atoms with Gasteiger partial charge >= 0.3 is 5.97 Å². The molecule has 0 fully saturated rings. The Kier molecular flexibility index (Phi) is 7.49. The van der Waals surface area contributed by atoms with Crippen LogP contribution in [0.3, 0.4) is 0 Å². The number of hydrogen-bond acceptors (Lipinski definition) is 5. The minimum Gasteiger partial charge on any atom is -0.494 e. The summed E-state index contributed by atoms with van der Waals surface area (Å²) in [4.78, 5) is 15.7. The molecule has 120 valence electrons. The number of carbonyl (C=O) groups excluding carboxylic acids is 1. The first-order chi connectivity index (χ1) is 11.2. The van der Waals surface area contributed by atoms with E-state index < -0.39 is 0 Å². The van der Waals surface area contributed by atoms with Gasteiger partial charge in [0.1, 0.15) is 11.4 Å². The molecule has 0 N–H and O–H groups in total. The van der Waals surface area contributed by atoms with Crippen LogP contribution in [0.1, 0.15) is 25.5 Å². The highest BCUT2D eigenvalue weighted by molar-refractivity contribution is 14.2. The zero-order valence-corrected chi connectivity index (χ0v) is 15.6. The van der Waals surface area contributed by atoms with Crippen LogP contribution >= 0.6 is 30.1 Å². The van der Waals surface area contributed by atoms with Gasteiger partial charge in [-0.05, 0) is 63.8 Å². The van der Waals surface area contributed by atoms with Gasteiger partial charge in [-0.3, -0.25) is 4.79 Å². The number of esters is 1. The molecule has 2 aromatic rings. The van der Waals surface area contributed by atoms with E-state index in [0.717, 1.165) is 22.3 Å². The molecule has 0 aliphatic heterocycles. The number of aromatic nitrogens is 1. The molecular formula is C17H16INO3S. The van der Waals surface area contributed by atoms with Gasteiger partial charge in [0, 0.05) is 33.0 Å². The van der Waals surface area contributed by atoms with Gasteiger partial charge in [0.2, 0.25) is 0 Å². The van der Waals surface area contributed by atoms with Gasteiger partial charge in [-0.25, -0.2) is 4.98 Å². The molecule has 23 heavy (non-hydrogen) atoms. The summed E-state index contributed by atoms with van der Waals surface area (Å²) < 4.78 is 10.5. The van der Waals surface area contributed by atoms with E-state index in [4.69, 9.17) is 9.47 Å². The summed E-state index contributed by atoms with van der Waals surface area (Å²) in [7, 11) is 1.44. The van der Waals surface area contributed by atoms with E-state index in [1.807, 2.05) is 30.3 Å². The van der Waals surface area contributed by atoms with Crippen molar-refractivity contribution in [1.29, 1.82) is 0 Å². The van der Waals surface area contributed by atoms with Crippen molar-refractivity contribution in [1.82, 2.24) is 4.98 Å².